The number of hydrogen-bond acceptors (Lipinski definition) is 3. The SMILES string of the molecule is Cc1cc(NC(=O)[C@H]2CC=CC[C@@H]2C(=O)O)nn1C. The Bertz CT molecular complexity index is 514. The number of hydrogen-bond donors (Lipinski definition) is 2. The number of aryl methyl sites for hydroxylation is 2. The number of anilines is 1. The highest BCUT2D eigenvalue weighted by Crippen LogP contribution is 2.27. The minimum atomic E-state index is -0.929. The first-order valence-electron chi connectivity index (χ1n) is 6.18. The van der Waals surface area contributed by atoms with Crippen LogP contribution in [-0.4, -0.2) is 26.8 Å². The monoisotopic (exact) mass is 263 g/mol. The second kappa shape index (κ2) is 5.26. The molecule has 102 valence electrons. The van der Waals surface area contributed by atoms with Gasteiger partial charge in [-0.15, -0.1) is 0 Å². The highest BCUT2D eigenvalue weighted by molar-refractivity contribution is 5.94. The molecule has 0 unspecified atom stereocenters. The van der Waals surface area contributed by atoms with Crippen molar-refractivity contribution < 1.29 is 14.7 Å². The Morgan fingerprint density at radius 1 is 1.37 bits per heavy atom. The molecule has 0 aliphatic heterocycles. The molecule has 2 atom stereocenters. The summed E-state index contributed by atoms with van der Waals surface area (Å²) in [5.41, 5.74) is 0.925. The fraction of sp³-hybridized carbons (Fsp3) is 0.462. The van der Waals surface area contributed by atoms with Crippen molar-refractivity contribution in [1.29, 1.82) is 0 Å². The molecule has 6 heteroatoms. The first-order chi connectivity index (χ1) is 8.99. The lowest BCUT2D eigenvalue weighted by Gasteiger charge is -2.23. The topological polar surface area (TPSA) is 84.2 Å². The molecule has 2 rings (SSSR count). The molecule has 0 fully saturated rings. The maximum absolute atomic E-state index is 12.1. The molecule has 6 nitrogen and oxygen atoms in total. The summed E-state index contributed by atoms with van der Waals surface area (Å²) >= 11 is 0. The minimum absolute atomic E-state index is 0.283. The molecule has 1 aromatic heterocycles. The Morgan fingerprint density at radius 3 is 2.53 bits per heavy atom. The first-order valence-corrected chi connectivity index (χ1v) is 6.18. The van der Waals surface area contributed by atoms with Crippen LogP contribution in [0.1, 0.15) is 18.5 Å². The lowest BCUT2D eigenvalue weighted by Crippen LogP contribution is -2.34. The number of carbonyl (C=O) groups is 2. The summed E-state index contributed by atoms with van der Waals surface area (Å²) in [6.45, 7) is 1.88. The number of carbonyl (C=O) groups excluding carboxylic acids is 1. The van der Waals surface area contributed by atoms with Crippen LogP contribution in [0.2, 0.25) is 0 Å². The van der Waals surface area contributed by atoms with Gasteiger partial charge in [-0.25, -0.2) is 0 Å². The predicted octanol–water partition coefficient (Wildman–Crippen LogP) is 1.33. The highest BCUT2D eigenvalue weighted by Gasteiger charge is 2.34. The van der Waals surface area contributed by atoms with E-state index in [9.17, 15) is 9.59 Å². The van der Waals surface area contributed by atoms with Gasteiger partial charge in [0, 0.05) is 18.8 Å². The molecule has 1 heterocycles. The van der Waals surface area contributed by atoms with Crippen molar-refractivity contribution >= 4 is 17.7 Å². The fourth-order valence-corrected chi connectivity index (χ4v) is 2.22. The van der Waals surface area contributed by atoms with Crippen molar-refractivity contribution in [3.8, 4) is 0 Å². The van der Waals surface area contributed by atoms with E-state index < -0.39 is 17.8 Å². The standard InChI is InChI=1S/C13H17N3O3/c1-8-7-11(15-16(8)2)14-12(17)9-5-3-4-6-10(9)13(18)19/h3-4,7,9-10H,5-6H2,1-2H3,(H,18,19)(H,14,15,17)/t9-,10-/m0/s1. The zero-order valence-corrected chi connectivity index (χ0v) is 11.0. The number of aromatic nitrogens is 2. The Balaban J connectivity index is 2.10. The normalized spacial score (nSPS) is 22.2. The number of carboxylic acids is 1. The molecule has 1 aromatic rings. The van der Waals surface area contributed by atoms with E-state index in [0.29, 0.717) is 18.7 Å². The molecule has 0 saturated heterocycles. The largest absolute Gasteiger partial charge is 0.481 e. The van der Waals surface area contributed by atoms with Crippen LogP contribution in [0.5, 0.6) is 0 Å². The van der Waals surface area contributed by atoms with Crippen LogP contribution < -0.4 is 5.32 Å². The molecule has 1 aliphatic rings. The molecule has 19 heavy (non-hydrogen) atoms. The van der Waals surface area contributed by atoms with Crippen LogP contribution in [0, 0.1) is 18.8 Å². The molecular formula is C13H17N3O3. The second-order valence-corrected chi connectivity index (χ2v) is 4.78. The van der Waals surface area contributed by atoms with E-state index in [1.165, 1.54) is 0 Å². The second-order valence-electron chi connectivity index (χ2n) is 4.78. The van der Waals surface area contributed by atoms with E-state index in [1.807, 2.05) is 19.1 Å². The molecule has 1 amide bonds. The molecule has 0 bridgehead atoms. The van der Waals surface area contributed by atoms with Crippen molar-refractivity contribution in [2.75, 3.05) is 5.32 Å². The van der Waals surface area contributed by atoms with Crippen molar-refractivity contribution in [2.45, 2.75) is 19.8 Å². The van der Waals surface area contributed by atoms with E-state index >= 15 is 0 Å². The van der Waals surface area contributed by atoms with E-state index in [2.05, 4.69) is 10.4 Å². The predicted molar refractivity (Wildman–Crippen MR) is 69.6 cm³/mol. The van der Waals surface area contributed by atoms with Gasteiger partial charge in [0.2, 0.25) is 5.91 Å². The van der Waals surface area contributed by atoms with Gasteiger partial charge in [-0.2, -0.15) is 5.10 Å². The Kier molecular flexibility index (Phi) is 3.69. The number of nitrogens with one attached hydrogen (secondary N) is 1. The number of nitrogens with zero attached hydrogens (tertiary/aromatic N) is 2. The van der Waals surface area contributed by atoms with Gasteiger partial charge in [0.15, 0.2) is 5.82 Å². The molecule has 0 spiro atoms. The number of allylic oxidation sites excluding steroid dienone is 2. The van der Waals surface area contributed by atoms with E-state index in [-0.39, 0.29) is 5.91 Å². The van der Waals surface area contributed by atoms with Gasteiger partial charge in [-0.1, -0.05) is 12.2 Å². The third kappa shape index (κ3) is 2.83. The van der Waals surface area contributed by atoms with Gasteiger partial charge in [0.05, 0.1) is 11.8 Å². The van der Waals surface area contributed by atoms with Gasteiger partial charge in [-0.05, 0) is 19.8 Å². The number of amides is 1. The minimum Gasteiger partial charge on any atom is -0.481 e. The summed E-state index contributed by atoms with van der Waals surface area (Å²) in [6.07, 6.45) is 4.52. The zero-order chi connectivity index (χ0) is 14.0. The summed E-state index contributed by atoms with van der Waals surface area (Å²) < 4.78 is 1.66. The molecule has 0 saturated carbocycles. The molecule has 0 aromatic carbocycles. The van der Waals surface area contributed by atoms with Crippen molar-refractivity contribution in [3.63, 3.8) is 0 Å². The summed E-state index contributed by atoms with van der Waals surface area (Å²) in [6, 6.07) is 1.76. The fourth-order valence-electron chi connectivity index (χ4n) is 2.22. The maximum atomic E-state index is 12.1. The zero-order valence-electron chi connectivity index (χ0n) is 11.0. The van der Waals surface area contributed by atoms with Crippen LogP contribution in [0.3, 0.4) is 0 Å². The Morgan fingerprint density at radius 2 is 2.00 bits per heavy atom. The van der Waals surface area contributed by atoms with Gasteiger partial charge < -0.3 is 10.4 Å². The Labute approximate surface area is 111 Å². The Hall–Kier alpha value is -2.11. The van der Waals surface area contributed by atoms with Crippen LogP contribution in [0.15, 0.2) is 18.2 Å². The van der Waals surface area contributed by atoms with Crippen molar-refractivity contribution in [2.24, 2.45) is 18.9 Å². The highest BCUT2D eigenvalue weighted by atomic mass is 16.4. The summed E-state index contributed by atoms with van der Waals surface area (Å²) in [7, 11) is 1.79. The van der Waals surface area contributed by atoms with Gasteiger partial charge >= 0.3 is 5.97 Å². The van der Waals surface area contributed by atoms with Crippen molar-refractivity contribution in [3.05, 3.63) is 23.9 Å². The lowest BCUT2D eigenvalue weighted by atomic mass is 9.82. The van der Waals surface area contributed by atoms with Crippen molar-refractivity contribution in [1.82, 2.24) is 9.78 Å². The van der Waals surface area contributed by atoms with E-state index in [0.717, 1.165) is 5.69 Å². The number of carboxylic acid groups (broad SMARTS) is 1. The molecule has 2 N–H and O–H groups in total. The average molecular weight is 263 g/mol. The third-order valence-electron chi connectivity index (χ3n) is 3.45. The van der Waals surface area contributed by atoms with Crippen LogP contribution in [0.4, 0.5) is 5.82 Å². The lowest BCUT2D eigenvalue weighted by molar-refractivity contribution is -0.146. The molecular weight excluding hydrogens is 246 g/mol. The van der Waals surface area contributed by atoms with E-state index in [4.69, 9.17) is 5.11 Å². The summed E-state index contributed by atoms with van der Waals surface area (Å²) in [5.74, 6) is -1.94. The average Bonchev–Trinajstić information content (AvgIpc) is 2.68. The quantitative estimate of drug-likeness (QED) is 0.806. The smallest absolute Gasteiger partial charge is 0.307 e. The molecule has 1 aliphatic carbocycles. The van der Waals surface area contributed by atoms with Crippen LogP contribution >= 0.6 is 0 Å². The van der Waals surface area contributed by atoms with E-state index in [1.54, 1.807) is 17.8 Å². The van der Waals surface area contributed by atoms with Crippen LogP contribution in [-0.2, 0) is 16.6 Å². The maximum Gasteiger partial charge on any atom is 0.307 e. The van der Waals surface area contributed by atoms with Gasteiger partial charge in [-0.3, -0.25) is 14.3 Å². The third-order valence-corrected chi connectivity index (χ3v) is 3.45. The first kappa shape index (κ1) is 13.3. The van der Waals surface area contributed by atoms with Crippen LogP contribution in [0.25, 0.3) is 0 Å². The van der Waals surface area contributed by atoms with Gasteiger partial charge in [0.25, 0.3) is 0 Å². The summed E-state index contributed by atoms with van der Waals surface area (Å²) in [4.78, 5) is 23.3. The van der Waals surface area contributed by atoms with Gasteiger partial charge in [0.1, 0.15) is 0 Å². The summed E-state index contributed by atoms with van der Waals surface area (Å²) in [5, 5.41) is 16.0. The number of rotatable bonds is 3. The number of aliphatic carboxylic acids is 1. The molecule has 0 radical (unpaired) electrons.